The highest BCUT2D eigenvalue weighted by Gasteiger charge is 2.33. The van der Waals surface area contributed by atoms with E-state index in [-0.39, 0.29) is 18.2 Å². The zero-order valence-corrected chi connectivity index (χ0v) is 18.5. The van der Waals surface area contributed by atoms with E-state index in [1.807, 2.05) is 41.3 Å². The number of piperazine rings is 1. The second-order valence-corrected chi connectivity index (χ2v) is 7.68. The molecule has 0 unspecified atom stereocenters. The standard InChI is InChI=1S/C24H31N3O4/c1-26(14-12-18-8-5-4-6-9-18)22(28)16-20-24(29)25-13-15-27(20)17-19-10-7-11-21(30-2)23(19)31-3/h4-11,20H,12-17H2,1-3H3,(H,25,29)/t20-/m0/s1. The third-order valence-corrected chi connectivity index (χ3v) is 5.67. The van der Waals surface area contributed by atoms with E-state index in [1.54, 1.807) is 26.2 Å². The number of amides is 2. The molecule has 0 radical (unpaired) electrons. The van der Waals surface area contributed by atoms with Gasteiger partial charge < -0.3 is 19.7 Å². The smallest absolute Gasteiger partial charge is 0.237 e. The zero-order valence-electron chi connectivity index (χ0n) is 18.5. The quantitative estimate of drug-likeness (QED) is 0.666. The van der Waals surface area contributed by atoms with Crippen LogP contribution in [0.15, 0.2) is 48.5 Å². The summed E-state index contributed by atoms with van der Waals surface area (Å²) in [6.07, 6.45) is 0.925. The van der Waals surface area contributed by atoms with Crippen LogP contribution in [0, 0.1) is 0 Å². The second-order valence-electron chi connectivity index (χ2n) is 7.68. The number of benzene rings is 2. The minimum Gasteiger partial charge on any atom is -0.493 e. The van der Waals surface area contributed by atoms with Crippen molar-refractivity contribution in [2.75, 3.05) is 40.9 Å². The summed E-state index contributed by atoms with van der Waals surface area (Å²) in [5.74, 6) is 1.15. The second kappa shape index (κ2) is 10.8. The number of hydrogen-bond acceptors (Lipinski definition) is 5. The molecule has 7 nitrogen and oxygen atoms in total. The summed E-state index contributed by atoms with van der Waals surface area (Å²) in [4.78, 5) is 29.3. The Morgan fingerprint density at radius 3 is 2.61 bits per heavy atom. The third kappa shape index (κ3) is 5.76. The fraction of sp³-hybridized carbons (Fsp3) is 0.417. The molecule has 1 aliphatic heterocycles. The number of carbonyl (C=O) groups excluding carboxylic acids is 2. The molecule has 2 aromatic carbocycles. The minimum atomic E-state index is -0.517. The van der Waals surface area contributed by atoms with E-state index in [0.717, 1.165) is 12.0 Å². The summed E-state index contributed by atoms with van der Waals surface area (Å²) < 4.78 is 10.9. The van der Waals surface area contributed by atoms with Gasteiger partial charge in [0.2, 0.25) is 11.8 Å². The van der Waals surface area contributed by atoms with Crippen LogP contribution in [0.5, 0.6) is 11.5 Å². The third-order valence-electron chi connectivity index (χ3n) is 5.67. The lowest BCUT2D eigenvalue weighted by molar-refractivity contribution is -0.138. The topological polar surface area (TPSA) is 71.1 Å². The summed E-state index contributed by atoms with van der Waals surface area (Å²) in [5.41, 5.74) is 2.11. The zero-order chi connectivity index (χ0) is 22.2. The number of nitrogens with zero attached hydrogens (tertiary/aromatic N) is 2. The number of carbonyl (C=O) groups is 2. The van der Waals surface area contributed by atoms with Crippen LogP contribution in [-0.4, -0.2) is 68.6 Å². The Morgan fingerprint density at radius 1 is 1.13 bits per heavy atom. The molecule has 0 saturated carbocycles. The maximum absolute atomic E-state index is 12.9. The summed E-state index contributed by atoms with van der Waals surface area (Å²) in [6, 6.07) is 15.3. The van der Waals surface area contributed by atoms with Gasteiger partial charge in [-0.25, -0.2) is 0 Å². The highest BCUT2D eigenvalue weighted by Crippen LogP contribution is 2.32. The molecule has 0 aromatic heterocycles. The predicted octanol–water partition coefficient (Wildman–Crippen LogP) is 2.10. The predicted molar refractivity (Wildman–Crippen MR) is 119 cm³/mol. The molecule has 1 saturated heterocycles. The highest BCUT2D eigenvalue weighted by atomic mass is 16.5. The minimum absolute atomic E-state index is 0.0411. The molecular weight excluding hydrogens is 394 g/mol. The Kier molecular flexibility index (Phi) is 7.89. The molecule has 2 aromatic rings. The first-order valence-corrected chi connectivity index (χ1v) is 10.5. The number of nitrogens with one attached hydrogen (secondary N) is 1. The van der Waals surface area contributed by atoms with Crippen LogP contribution >= 0.6 is 0 Å². The molecular formula is C24H31N3O4. The van der Waals surface area contributed by atoms with Gasteiger partial charge in [-0.15, -0.1) is 0 Å². The van der Waals surface area contributed by atoms with Crippen molar-refractivity contribution >= 4 is 11.8 Å². The molecule has 1 N–H and O–H groups in total. The van der Waals surface area contributed by atoms with E-state index in [0.29, 0.717) is 37.7 Å². The van der Waals surface area contributed by atoms with Crippen molar-refractivity contribution < 1.29 is 19.1 Å². The van der Waals surface area contributed by atoms with E-state index in [1.165, 1.54) is 5.56 Å². The molecule has 166 valence electrons. The van der Waals surface area contributed by atoms with Crippen molar-refractivity contribution in [1.29, 1.82) is 0 Å². The van der Waals surface area contributed by atoms with Gasteiger partial charge in [0.25, 0.3) is 0 Å². The molecule has 1 heterocycles. The number of methoxy groups -OCH3 is 2. The fourth-order valence-corrected chi connectivity index (χ4v) is 3.86. The van der Waals surface area contributed by atoms with Crippen LogP contribution in [0.4, 0.5) is 0 Å². The van der Waals surface area contributed by atoms with Crippen LogP contribution in [0.2, 0.25) is 0 Å². The average molecular weight is 426 g/mol. The maximum Gasteiger partial charge on any atom is 0.237 e. The Labute approximate surface area is 183 Å². The Balaban J connectivity index is 1.66. The van der Waals surface area contributed by atoms with Crippen molar-refractivity contribution in [3.05, 3.63) is 59.7 Å². The largest absolute Gasteiger partial charge is 0.493 e. The van der Waals surface area contributed by atoms with Crippen LogP contribution in [0.3, 0.4) is 0 Å². The first kappa shape index (κ1) is 22.6. The van der Waals surface area contributed by atoms with Gasteiger partial charge in [-0.1, -0.05) is 42.5 Å². The molecule has 3 rings (SSSR count). The van der Waals surface area contributed by atoms with Crippen molar-refractivity contribution in [1.82, 2.24) is 15.1 Å². The Morgan fingerprint density at radius 2 is 1.90 bits per heavy atom. The lowest BCUT2D eigenvalue weighted by atomic mass is 10.1. The SMILES string of the molecule is COc1cccc(CN2CCNC(=O)[C@@H]2CC(=O)N(C)CCc2ccccc2)c1OC. The molecule has 0 spiro atoms. The summed E-state index contributed by atoms with van der Waals surface area (Å²) in [6.45, 7) is 2.33. The number of ether oxygens (including phenoxy) is 2. The summed E-state index contributed by atoms with van der Waals surface area (Å²) >= 11 is 0. The number of likely N-dealkylation sites (N-methyl/N-ethyl adjacent to an activating group) is 1. The molecule has 31 heavy (non-hydrogen) atoms. The maximum atomic E-state index is 12.9. The van der Waals surface area contributed by atoms with Crippen molar-refractivity contribution in [3.8, 4) is 11.5 Å². The molecule has 2 amide bonds. The van der Waals surface area contributed by atoms with E-state index in [4.69, 9.17) is 9.47 Å². The average Bonchev–Trinajstić information content (AvgIpc) is 2.80. The van der Waals surface area contributed by atoms with Gasteiger partial charge in [-0.2, -0.15) is 0 Å². The fourth-order valence-electron chi connectivity index (χ4n) is 3.86. The molecule has 0 bridgehead atoms. The highest BCUT2D eigenvalue weighted by molar-refractivity contribution is 5.88. The van der Waals surface area contributed by atoms with E-state index < -0.39 is 6.04 Å². The van der Waals surface area contributed by atoms with Crippen LogP contribution in [0.25, 0.3) is 0 Å². The number of para-hydroxylation sites is 1. The van der Waals surface area contributed by atoms with Gasteiger partial charge in [0.1, 0.15) is 0 Å². The van der Waals surface area contributed by atoms with Gasteiger partial charge in [-0.3, -0.25) is 14.5 Å². The van der Waals surface area contributed by atoms with Crippen molar-refractivity contribution in [2.24, 2.45) is 0 Å². The molecule has 0 aliphatic carbocycles. The van der Waals surface area contributed by atoms with E-state index >= 15 is 0 Å². The number of rotatable bonds is 9. The molecule has 1 aliphatic rings. The summed E-state index contributed by atoms with van der Waals surface area (Å²) in [7, 11) is 5.00. The Bertz CT molecular complexity index is 888. The molecule has 1 fully saturated rings. The van der Waals surface area contributed by atoms with E-state index in [9.17, 15) is 9.59 Å². The number of hydrogen-bond donors (Lipinski definition) is 1. The van der Waals surface area contributed by atoms with Gasteiger partial charge in [-0.05, 0) is 18.1 Å². The first-order valence-electron chi connectivity index (χ1n) is 10.5. The Hall–Kier alpha value is -3.06. The van der Waals surface area contributed by atoms with Crippen molar-refractivity contribution in [2.45, 2.75) is 25.4 Å². The van der Waals surface area contributed by atoms with Crippen LogP contribution < -0.4 is 14.8 Å². The van der Waals surface area contributed by atoms with Gasteiger partial charge in [0.05, 0.1) is 26.7 Å². The van der Waals surface area contributed by atoms with Crippen LogP contribution in [0.1, 0.15) is 17.5 Å². The molecule has 1 atom stereocenters. The monoisotopic (exact) mass is 425 g/mol. The van der Waals surface area contributed by atoms with Crippen LogP contribution in [-0.2, 0) is 22.6 Å². The van der Waals surface area contributed by atoms with Gasteiger partial charge >= 0.3 is 0 Å². The lowest BCUT2D eigenvalue weighted by Crippen LogP contribution is -2.56. The van der Waals surface area contributed by atoms with Gasteiger partial charge in [0, 0.05) is 38.8 Å². The van der Waals surface area contributed by atoms with E-state index in [2.05, 4.69) is 17.4 Å². The van der Waals surface area contributed by atoms with Gasteiger partial charge in [0.15, 0.2) is 11.5 Å². The molecule has 7 heteroatoms. The summed E-state index contributed by atoms with van der Waals surface area (Å²) in [5, 5.41) is 2.89. The normalized spacial score (nSPS) is 16.5. The first-order chi connectivity index (χ1) is 15.0. The van der Waals surface area contributed by atoms with Crippen molar-refractivity contribution in [3.63, 3.8) is 0 Å². The lowest BCUT2D eigenvalue weighted by Gasteiger charge is -2.35.